The molecule has 4 nitrogen and oxygen atoms in total. The van der Waals surface area contributed by atoms with E-state index in [9.17, 15) is 5.11 Å². The lowest BCUT2D eigenvalue weighted by molar-refractivity contribution is -0.0262. The maximum Gasteiger partial charge on any atom is 0.138 e. The number of hydrogen-bond donors (Lipinski definition) is 1. The van der Waals surface area contributed by atoms with Crippen LogP contribution >= 0.6 is 0 Å². The first kappa shape index (κ1) is 15.3. The van der Waals surface area contributed by atoms with Gasteiger partial charge in [-0.2, -0.15) is 0 Å². The first-order valence-corrected chi connectivity index (χ1v) is 7.60. The number of likely N-dealkylation sites (tertiary alicyclic amines) is 1. The summed E-state index contributed by atoms with van der Waals surface area (Å²) in [5, 5.41) is 10.9. The van der Waals surface area contributed by atoms with Gasteiger partial charge < -0.3 is 14.7 Å². The van der Waals surface area contributed by atoms with Crippen LogP contribution in [-0.4, -0.2) is 40.7 Å². The summed E-state index contributed by atoms with van der Waals surface area (Å²) >= 11 is 0. The summed E-state index contributed by atoms with van der Waals surface area (Å²) in [6.07, 6.45) is 6.28. The van der Waals surface area contributed by atoms with Gasteiger partial charge in [-0.25, -0.2) is 0 Å². The van der Waals surface area contributed by atoms with Gasteiger partial charge in [0.15, 0.2) is 0 Å². The van der Waals surface area contributed by atoms with E-state index >= 15 is 0 Å². The van der Waals surface area contributed by atoms with Crippen LogP contribution in [0.1, 0.15) is 45.6 Å². The van der Waals surface area contributed by atoms with Crippen LogP contribution in [0, 0.1) is 0 Å². The zero-order valence-corrected chi connectivity index (χ0v) is 12.8. The molecule has 1 fully saturated rings. The Bertz CT molecular complexity index is 426. The Morgan fingerprint density at radius 1 is 1.35 bits per heavy atom. The molecule has 2 rings (SSSR count). The van der Waals surface area contributed by atoms with Gasteiger partial charge in [-0.15, -0.1) is 0 Å². The number of aliphatic hydroxyl groups is 1. The summed E-state index contributed by atoms with van der Waals surface area (Å²) in [4.78, 5) is 6.63. The van der Waals surface area contributed by atoms with E-state index in [1.165, 1.54) is 0 Å². The molecule has 0 bridgehead atoms. The van der Waals surface area contributed by atoms with Crippen molar-refractivity contribution in [3.63, 3.8) is 0 Å². The van der Waals surface area contributed by atoms with Crippen molar-refractivity contribution < 1.29 is 9.84 Å². The molecule has 0 unspecified atom stereocenters. The van der Waals surface area contributed by atoms with E-state index in [1.54, 1.807) is 12.4 Å². The molecule has 0 atom stereocenters. The molecule has 1 aromatic rings. The molecule has 0 saturated carbocycles. The summed E-state index contributed by atoms with van der Waals surface area (Å²) in [6.45, 7) is 9.18. The zero-order chi connectivity index (χ0) is 14.6. The molecule has 0 amide bonds. The molecule has 1 aliphatic rings. The minimum Gasteiger partial charge on any atom is -0.489 e. The van der Waals surface area contributed by atoms with E-state index < -0.39 is 5.60 Å². The van der Waals surface area contributed by atoms with Gasteiger partial charge in [0.25, 0.3) is 0 Å². The molecule has 1 aromatic heterocycles. The Hall–Kier alpha value is -1.13. The lowest BCUT2D eigenvalue weighted by Crippen LogP contribution is -2.42. The van der Waals surface area contributed by atoms with Crippen molar-refractivity contribution in [1.29, 1.82) is 0 Å². The highest BCUT2D eigenvalue weighted by Crippen LogP contribution is 2.33. The van der Waals surface area contributed by atoms with Crippen molar-refractivity contribution in [3.05, 3.63) is 24.0 Å². The monoisotopic (exact) mass is 278 g/mol. The van der Waals surface area contributed by atoms with Gasteiger partial charge in [-0.05, 0) is 45.7 Å². The normalized spacial score (nSPS) is 19.2. The molecule has 0 spiro atoms. The second-order valence-electron chi connectivity index (χ2n) is 5.95. The number of rotatable bonds is 5. The standard InChI is InChI=1S/C16H26N2O2/c1-4-7-18-8-5-16(19,6-9-18)14-10-15(12-17-11-14)20-13(2)3/h10-13,19H,4-9H2,1-3H3. The minimum absolute atomic E-state index is 0.119. The highest BCUT2D eigenvalue weighted by molar-refractivity contribution is 5.28. The molecule has 1 N–H and O–H groups in total. The van der Waals surface area contributed by atoms with Gasteiger partial charge in [0.05, 0.1) is 17.9 Å². The topological polar surface area (TPSA) is 45.6 Å². The van der Waals surface area contributed by atoms with Crippen molar-refractivity contribution in [1.82, 2.24) is 9.88 Å². The lowest BCUT2D eigenvalue weighted by atomic mass is 9.85. The van der Waals surface area contributed by atoms with Crippen LogP contribution in [0.3, 0.4) is 0 Å². The molecule has 0 aliphatic carbocycles. The van der Waals surface area contributed by atoms with Crippen molar-refractivity contribution >= 4 is 0 Å². The second-order valence-corrected chi connectivity index (χ2v) is 5.95. The smallest absolute Gasteiger partial charge is 0.138 e. The van der Waals surface area contributed by atoms with Crippen molar-refractivity contribution in [2.24, 2.45) is 0 Å². The molecule has 20 heavy (non-hydrogen) atoms. The maximum absolute atomic E-state index is 10.9. The first-order chi connectivity index (χ1) is 9.53. The van der Waals surface area contributed by atoms with Gasteiger partial charge >= 0.3 is 0 Å². The zero-order valence-electron chi connectivity index (χ0n) is 12.8. The summed E-state index contributed by atoms with van der Waals surface area (Å²) in [5.41, 5.74) is 0.125. The van der Waals surface area contributed by atoms with E-state index in [4.69, 9.17) is 4.74 Å². The average Bonchev–Trinajstić information content (AvgIpc) is 2.41. The van der Waals surface area contributed by atoms with E-state index in [0.717, 1.165) is 50.2 Å². The second kappa shape index (κ2) is 6.55. The third-order valence-electron chi connectivity index (χ3n) is 3.85. The van der Waals surface area contributed by atoms with Crippen molar-refractivity contribution in [2.45, 2.75) is 51.7 Å². The fourth-order valence-electron chi connectivity index (χ4n) is 2.76. The van der Waals surface area contributed by atoms with Crippen LogP contribution in [0.25, 0.3) is 0 Å². The van der Waals surface area contributed by atoms with Crippen LogP contribution < -0.4 is 4.74 Å². The fraction of sp³-hybridized carbons (Fsp3) is 0.688. The van der Waals surface area contributed by atoms with Gasteiger partial charge in [0, 0.05) is 24.8 Å². The highest BCUT2D eigenvalue weighted by atomic mass is 16.5. The summed E-state index contributed by atoms with van der Waals surface area (Å²) in [5.74, 6) is 0.738. The third-order valence-corrected chi connectivity index (χ3v) is 3.85. The van der Waals surface area contributed by atoms with Crippen molar-refractivity contribution in [3.8, 4) is 5.75 Å². The van der Waals surface area contributed by atoms with E-state index in [1.807, 2.05) is 19.9 Å². The third kappa shape index (κ3) is 3.70. The molecule has 1 saturated heterocycles. The number of nitrogens with zero attached hydrogens (tertiary/aromatic N) is 2. The first-order valence-electron chi connectivity index (χ1n) is 7.60. The molecule has 4 heteroatoms. The predicted octanol–water partition coefficient (Wildman–Crippen LogP) is 2.56. The quantitative estimate of drug-likeness (QED) is 0.899. The number of ether oxygens (including phenoxy) is 1. The van der Waals surface area contributed by atoms with Gasteiger partial charge in [-0.1, -0.05) is 6.92 Å². The molecule has 112 valence electrons. The van der Waals surface area contributed by atoms with Crippen LogP contribution in [0.5, 0.6) is 5.75 Å². The Balaban J connectivity index is 2.07. The largest absolute Gasteiger partial charge is 0.489 e. The highest BCUT2D eigenvalue weighted by Gasteiger charge is 2.34. The SMILES string of the molecule is CCCN1CCC(O)(c2cncc(OC(C)C)c2)CC1. The maximum atomic E-state index is 10.9. The van der Waals surface area contributed by atoms with Gasteiger partial charge in [0.1, 0.15) is 5.75 Å². The number of hydrogen-bond acceptors (Lipinski definition) is 4. The lowest BCUT2D eigenvalue weighted by Gasteiger charge is -2.38. The van der Waals surface area contributed by atoms with E-state index in [-0.39, 0.29) is 6.10 Å². The number of aromatic nitrogens is 1. The van der Waals surface area contributed by atoms with Gasteiger partial charge in [-0.3, -0.25) is 4.98 Å². The van der Waals surface area contributed by atoms with Crippen molar-refractivity contribution in [2.75, 3.05) is 19.6 Å². The van der Waals surface area contributed by atoms with Crippen LogP contribution in [0.2, 0.25) is 0 Å². The summed E-state index contributed by atoms with van der Waals surface area (Å²) < 4.78 is 5.67. The Morgan fingerprint density at radius 2 is 2.05 bits per heavy atom. The molecule has 1 aliphatic heterocycles. The van der Waals surface area contributed by atoms with E-state index in [0.29, 0.717) is 0 Å². The van der Waals surface area contributed by atoms with Crippen LogP contribution in [0.4, 0.5) is 0 Å². The Morgan fingerprint density at radius 3 is 2.65 bits per heavy atom. The predicted molar refractivity (Wildman–Crippen MR) is 79.9 cm³/mol. The molecule has 0 aromatic carbocycles. The molecular formula is C16H26N2O2. The average molecular weight is 278 g/mol. The number of pyridine rings is 1. The fourth-order valence-corrected chi connectivity index (χ4v) is 2.76. The van der Waals surface area contributed by atoms with E-state index in [2.05, 4.69) is 16.8 Å². The summed E-state index contributed by atoms with van der Waals surface area (Å²) in [6, 6.07) is 1.93. The summed E-state index contributed by atoms with van der Waals surface area (Å²) in [7, 11) is 0. The number of piperidine rings is 1. The van der Waals surface area contributed by atoms with Crippen LogP contribution in [0.15, 0.2) is 18.5 Å². The van der Waals surface area contributed by atoms with Crippen LogP contribution in [-0.2, 0) is 5.60 Å². The Labute approximate surface area is 121 Å². The van der Waals surface area contributed by atoms with Gasteiger partial charge in [0.2, 0.25) is 0 Å². The molecular weight excluding hydrogens is 252 g/mol. The molecule has 0 radical (unpaired) electrons. The molecule has 2 heterocycles. The Kier molecular flexibility index (Phi) is 5.00. The minimum atomic E-state index is -0.756.